The predicted molar refractivity (Wildman–Crippen MR) is 62.9 cm³/mol. The zero-order valence-electron chi connectivity index (χ0n) is 8.11. The van der Waals surface area contributed by atoms with Crippen molar-refractivity contribution in [1.29, 1.82) is 0 Å². The quantitative estimate of drug-likeness (QED) is 0.656. The molecule has 0 aliphatic heterocycles. The summed E-state index contributed by atoms with van der Waals surface area (Å²) in [5.41, 5.74) is 3.19. The number of hydrazine groups is 1. The molecule has 16 heavy (non-hydrogen) atoms. The van der Waals surface area contributed by atoms with Gasteiger partial charge in [-0.3, -0.25) is 5.43 Å². The molecule has 2 rings (SSSR count). The Hall–Kier alpha value is -1.53. The molecule has 0 radical (unpaired) electrons. The molecular weight excluding hydrogens is 275 g/mol. The van der Waals surface area contributed by atoms with Crippen molar-refractivity contribution in [1.82, 2.24) is 9.97 Å². The van der Waals surface area contributed by atoms with Crippen LogP contribution in [0.5, 0.6) is 0 Å². The number of anilines is 1. The van der Waals surface area contributed by atoms with Crippen LogP contribution in [0.4, 0.5) is 10.3 Å². The molecule has 0 bridgehead atoms. The highest BCUT2D eigenvalue weighted by Crippen LogP contribution is 2.24. The molecule has 1 aromatic carbocycles. The zero-order chi connectivity index (χ0) is 11.5. The molecule has 0 aliphatic carbocycles. The van der Waals surface area contributed by atoms with Crippen molar-refractivity contribution in [2.75, 3.05) is 5.43 Å². The fourth-order valence-electron chi connectivity index (χ4n) is 1.27. The highest BCUT2D eigenvalue weighted by atomic mass is 79.9. The van der Waals surface area contributed by atoms with E-state index in [1.54, 1.807) is 18.2 Å². The smallest absolute Gasteiger partial charge is 0.237 e. The number of nitrogens with two attached hydrogens (primary N) is 1. The van der Waals surface area contributed by atoms with Crippen LogP contribution in [0.3, 0.4) is 0 Å². The Morgan fingerprint density at radius 2 is 2.12 bits per heavy atom. The summed E-state index contributed by atoms with van der Waals surface area (Å²) in [6, 6.07) is 6.27. The minimum Gasteiger partial charge on any atom is -0.292 e. The van der Waals surface area contributed by atoms with Gasteiger partial charge >= 0.3 is 0 Å². The van der Waals surface area contributed by atoms with Gasteiger partial charge in [-0.1, -0.05) is 15.9 Å². The summed E-state index contributed by atoms with van der Waals surface area (Å²) in [7, 11) is 0. The molecular formula is C10H8BrFN4. The summed E-state index contributed by atoms with van der Waals surface area (Å²) in [6.45, 7) is 0. The SMILES string of the molecule is NNc1nccc(-c2cc(Br)ccc2F)n1. The number of benzene rings is 1. The van der Waals surface area contributed by atoms with Crippen LogP contribution in [-0.2, 0) is 0 Å². The maximum Gasteiger partial charge on any atom is 0.237 e. The summed E-state index contributed by atoms with van der Waals surface area (Å²) in [6.07, 6.45) is 1.51. The van der Waals surface area contributed by atoms with Crippen molar-refractivity contribution >= 4 is 21.9 Å². The van der Waals surface area contributed by atoms with Crippen LogP contribution < -0.4 is 11.3 Å². The van der Waals surface area contributed by atoms with Gasteiger partial charge in [0.15, 0.2) is 0 Å². The highest BCUT2D eigenvalue weighted by Gasteiger charge is 2.07. The summed E-state index contributed by atoms with van der Waals surface area (Å²) in [5.74, 6) is 5.09. The molecule has 0 saturated carbocycles. The number of hydrogen-bond acceptors (Lipinski definition) is 4. The summed E-state index contributed by atoms with van der Waals surface area (Å²) in [5, 5.41) is 0. The van der Waals surface area contributed by atoms with Gasteiger partial charge in [0.25, 0.3) is 0 Å². The Kier molecular flexibility index (Phi) is 3.12. The van der Waals surface area contributed by atoms with E-state index in [4.69, 9.17) is 5.84 Å². The second kappa shape index (κ2) is 4.54. The van der Waals surface area contributed by atoms with Crippen LogP contribution in [0.2, 0.25) is 0 Å². The van der Waals surface area contributed by atoms with Gasteiger partial charge in [-0.15, -0.1) is 0 Å². The Morgan fingerprint density at radius 1 is 1.31 bits per heavy atom. The molecule has 4 nitrogen and oxygen atoms in total. The lowest BCUT2D eigenvalue weighted by Crippen LogP contribution is -2.10. The molecule has 0 spiro atoms. The number of nitrogens with one attached hydrogen (secondary N) is 1. The third-order valence-corrected chi connectivity index (χ3v) is 2.48. The molecule has 1 aromatic heterocycles. The minimum absolute atomic E-state index is 0.247. The van der Waals surface area contributed by atoms with Crippen molar-refractivity contribution in [3.05, 3.63) is 40.8 Å². The second-order valence-corrected chi connectivity index (χ2v) is 3.95. The topological polar surface area (TPSA) is 63.8 Å². The Labute approximate surface area is 99.8 Å². The predicted octanol–water partition coefficient (Wildman–Crippen LogP) is 2.33. The lowest BCUT2D eigenvalue weighted by molar-refractivity contribution is 0.630. The Bertz CT molecular complexity index is 518. The van der Waals surface area contributed by atoms with Gasteiger partial charge in [0.2, 0.25) is 5.95 Å². The van der Waals surface area contributed by atoms with Crippen LogP contribution in [-0.4, -0.2) is 9.97 Å². The summed E-state index contributed by atoms with van der Waals surface area (Å²) >= 11 is 3.28. The average Bonchev–Trinajstić information content (AvgIpc) is 2.32. The molecule has 2 aromatic rings. The molecule has 0 amide bonds. The molecule has 6 heteroatoms. The monoisotopic (exact) mass is 282 g/mol. The maximum atomic E-state index is 13.6. The average molecular weight is 283 g/mol. The minimum atomic E-state index is -0.343. The van der Waals surface area contributed by atoms with Gasteiger partial charge in [-0.05, 0) is 24.3 Å². The van der Waals surface area contributed by atoms with Gasteiger partial charge in [0.1, 0.15) is 5.82 Å². The van der Waals surface area contributed by atoms with E-state index >= 15 is 0 Å². The molecule has 0 aliphatic rings. The second-order valence-electron chi connectivity index (χ2n) is 3.03. The van der Waals surface area contributed by atoms with Crippen LogP contribution in [0.15, 0.2) is 34.9 Å². The number of halogens is 2. The fraction of sp³-hybridized carbons (Fsp3) is 0. The fourth-order valence-corrected chi connectivity index (χ4v) is 1.63. The molecule has 1 heterocycles. The first kappa shape index (κ1) is 11.0. The molecule has 0 unspecified atom stereocenters. The van der Waals surface area contributed by atoms with E-state index in [1.165, 1.54) is 12.3 Å². The lowest BCUT2D eigenvalue weighted by Gasteiger charge is -2.04. The van der Waals surface area contributed by atoms with Crippen molar-refractivity contribution in [2.45, 2.75) is 0 Å². The molecule has 0 saturated heterocycles. The van der Waals surface area contributed by atoms with Gasteiger partial charge in [-0.2, -0.15) is 0 Å². The van der Waals surface area contributed by atoms with Gasteiger partial charge < -0.3 is 0 Å². The largest absolute Gasteiger partial charge is 0.292 e. The van der Waals surface area contributed by atoms with Gasteiger partial charge in [0, 0.05) is 16.2 Å². The van der Waals surface area contributed by atoms with E-state index in [-0.39, 0.29) is 11.8 Å². The third-order valence-electron chi connectivity index (χ3n) is 1.99. The molecule has 82 valence electrons. The van der Waals surface area contributed by atoms with E-state index in [0.29, 0.717) is 11.3 Å². The standard InChI is InChI=1S/C10H8BrFN4/c11-6-1-2-8(12)7(5-6)9-3-4-14-10(15-9)16-13/h1-5H,13H2,(H,14,15,16). The van der Waals surface area contributed by atoms with Crippen LogP contribution in [0.1, 0.15) is 0 Å². The summed E-state index contributed by atoms with van der Waals surface area (Å²) in [4.78, 5) is 7.91. The molecule has 0 fully saturated rings. The first-order chi connectivity index (χ1) is 7.70. The third kappa shape index (κ3) is 2.17. The van der Waals surface area contributed by atoms with E-state index in [9.17, 15) is 4.39 Å². The molecule has 0 atom stereocenters. The number of nitrogens with zero attached hydrogens (tertiary/aromatic N) is 2. The van der Waals surface area contributed by atoms with E-state index in [2.05, 4.69) is 31.3 Å². The Balaban J connectivity index is 2.53. The van der Waals surface area contributed by atoms with Crippen molar-refractivity contribution in [3.8, 4) is 11.3 Å². The number of aromatic nitrogens is 2. The Morgan fingerprint density at radius 3 is 2.88 bits per heavy atom. The maximum absolute atomic E-state index is 13.6. The lowest BCUT2D eigenvalue weighted by atomic mass is 10.1. The van der Waals surface area contributed by atoms with Crippen LogP contribution in [0.25, 0.3) is 11.3 Å². The van der Waals surface area contributed by atoms with Crippen molar-refractivity contribution < 1.29 is 4.39 Å². The zero-order valence-corrected chi connectivity index (χ0v) is 9.70. The van der Waals surface area contributed by atoms with E-state index < -0.39 is 0 Å². The normalized spacial score (nSPS) is 10.2. The van der Waals surface area contributed by atoms with Gasteiger partial charge in [-0.25, -0.2) is 20.2 Å². The van der Waals surface area contributed by atoms with Crippen LogP contribution >= 0.6 is 15.9 Å². The van der Waals surface area contributed by atoms with Crippen molar-refractivity contribution in [3.63, 3.8) is 0 Å². The number of nitrogen functional groups attached to an aromatic ring is 1. The number of hydrogen-bond donors (Lipinski definition) is 2. The number of rotatable bonds is 2. The summed E-state index contributed by atoms with van der Waals surface area (Å²) < 4.78 is 14.3. The highest BCUT2D eigenvalue weighted by molar-refractivity contribution is 9.10. The first-order valence-corrected chi connectivity index (χ1v) is 5.25. The van der Waals surface area contributed by atoms with Crippen LogP contribution in [0, 0.1) is 5.82 Å². The molecule has 3 N–H and O–H groups in total. The van der Waals surface area contributed by atoms with E-state index in [1.807, 2.05) is 0 Å². The first-order valence-electron chi connectivity index (χ1n) is 4.46. The van der Waals surface area contributed by atoms with Gasteiger partial charge in [0.05, 0.1) is 5.69 Å². The van der Waals surface area contributed by atoms with Crippen molar-refractivity contribution in [2.24, 2.45) is 5.84 Å². The van der Waals surface area contributed by atoms with E-state index in [0.717, 1.165) is 4.47 Å².